The molecule has 0 radical (unpaired) electrons. The molecule has 0 N–H and O–H groups in total. The van der Waals surface area contributed by atoms with Gasteiger partial charge < -0.3 is 9.47 Å². The molecule has 0 aliphatic carbocycles. The molecule has 3 heteroatoms. The zero-order valence-corrected chi connectivity index (χ0v) is 9.34. The molecule has 0 bridgehead atoms. The first-order valence-corrected chi connectivity index (χ1v) is 5.00. The molecule has 82 valence electrons. The minimum absolute atomic E-state index is 0.119. The van der Waals surface area contributed by atoms with Crippen LogP contribution in [0.2, 0.25) is 0 Å². The van der Waals surface area contributed by atoms with Gasteiger partial charge in [0.15, 0.2) is 0 Å². The van der Waals surface area contributed by atoms with Gasteiger partial charge in [-0.3, -0.25) is 4.79 Å². The third-order valence-corrected chi connectivity index (χ3v) is 1.84. The lowest BCUT2D eigenvalue weighted by molar-refractivity contribution is -0.143. The second-order valence-corrected chi connectivity index (χ2v) is 3.14. The molecule has 0 aromatic carbocycles. The summed E-state index contributed by atoms with van der Waals surface area (Å²) in [5.74, 6) is -0.119. The maximum atomic E-state index is 11.0. The Hall–Kier alpha value is -0.830. The first kappa shape index (κ1) is 13.2. The average molecular weight is 200 g/mol. The molecular formula is C11H20O3. The van der Waals surface area contributed by atoms with Crippen molar-refractivity contribution in [3.05, 3.63) is 11.6 Å². The zero-order valence-electron chi connectivity index (χ0n) is 9.34. The van der Waals surface area contributed by atoms with Crippen LogP contribution in [0.3, 0.4) is 0 Å². The van der Waals surface area contributed by atoms with E-state index >= 15 is 0 Å². The van der Waals surface area contributed by atoms with Crippen molar-refractivity contribution in [3.63, 3.8) is 0 Å². The molecule has 0 rings (SSSR count). The molecule has 0 aliphatic rings. The van der Waals surface area contributed by atoms with Crippen LogP contribution in [0.15, 0.2) is 11.6 Å². The number of carbonyl (C=O) groups is 1. The molecule has 0 aromatic rings. The monoisotopic (exact) mass is 200 g/mol. The first-order chi connectivity index (χ1) is 6.70. The summed E-state index contributed by atoms with van der Waals surface area (Å²) < 4.78 is 9.75. The fraction of sp³-hybridized carbons (Fsp3) is 0.727. The van der Waals surface area contributed by atoms with Crippen molar-refractivity contribution in [2.45, 2.75) is 33.1 Å². The minimum atomic E-state index is -0.119. The van der Waals surface area contributed by atoms with E-state index in [1.54, 1.807) is 7.11 Å². The minimum Gasteiger partial charge on any atom is -0.466 e. The van der Waals surface area contributed by atoms with E-state index in [9.17, 15) is 4.79 Å². The van der Waals surface area contributed by atoms with E-state index in [0.29, 0.717) is 13.0 Å². The lowest BCUT2D eigenvalue weighted by Gasteiger charge is -2.02. The van der Waals surface area contributed by atoms with Gasteiger partial charge in [0.05, 0.1) is 6.61 Å². The van der Waals surface area contributed by atoms with Gasteiger partial charge in [0.25, 0.3) is 0 Å². The topological polar surface area (TPSA) is 35.5 Å². The Balaban J connectivity index is 3.56. The van der Waals surface area contributed by atoms with Gasteiger partial charge >= 0.3 is 5.97 Å². The molecule has 0 aliphatic heterocycles. The third-order valence-electron chi connectivity index (χ3n) is 1.84. The fourth-order valence-corrected chi connectivity index (χ4v) is 1.06. The second kappa shape index (κ2) is 8.75. The Morgan fingerprint density at radius 1 is 1.36 bits per heavy atom. The average Bonchev–Trinajstić information content (AvgIpc) is 2.16. The summed E-state index contributed by atoms with van der Waals surface area (Å²) in [4.78, 5) is 11.0. The van der Waals surface area contributed by atoms with Crippen molar-refractivity contribution in [2.24, 2.45) is 0 Å². The molecule has 0 atom stereocenters. The van der Waals surface area contributed by atoms with E-state index in [1.807, 2.05) is 13.8 Å². The normalized spacial score (nSPS) is 11.5. The standard InChI is InChI=1S/C11H20O3/c1-4-14-11(12)8-7-10(2)6-5-9-13-3/h6H,4-5,7-9H2,1-3H3. The van der Waals surface area contributed by atoms with Crippen LogP contribution in [0.5, 0.6) is 0 Å². The molecule has 0 saturated heterocycles. The van der Waals surface area contributed by atoms with Gasteiger partial charge in [-0.1, -0.05) is 11.6 Å². The number of hydrogen-bond acceptors (Lipinski definition) is 3. The molecule has 0 heterocycles. The summed E-state index contributed by atoms with van der Waals surface area (Å²) >= 11 is 0. The Morgan fingerprint density at radius 2 is 2.07 bits per heavy atom. The summed E-state index contributed by atoms with van der Waals surface area (Å²) in [7, 11) is 1.68. The van der Waals surface area contributed by atoms with Crippen LogP contribution in [0.25, 0.3) is 0 Å². The molecule has 14 heavy (non-hydrogen) atoms. The lowest BCUT2D eigenvalue weighted by Crippen LogP contribution is -2.03. The summed E-state index contributed by atoms with van der Waals surface area (Å²) in [5.41, 5.74) is 1.22. The van der Waals surface area contributed by atoms with Crippen molar-refractivity contribution in [2.75, 3.05) is 20.3 Å². The van der Waals surface area contributed by atoms with Crippen LogP contribution in [0.4, 0.5) is 0 Å². The maximum absolute atomic E-state index is 11.0. The Bertz CT molecular complexity index is 185. The predicted octanol–water partition coefficient (Wildman–Crippen LogP) is 2.31. The number of methoxy groups -OCH3 is 1. The second-order valence-electron chi connectivity index (χ2n) is 3.14. The third kappa shape index (κ3) is 7.80. The number of allylic oxidation sites excluding steroid dienone is 1. The van der Waals surface area contributed by atoms with Gasteiger partial charge in [0.2, 0.25) is 0 Å². The number of esters is 1. The van der Waals surface area contributed by atoms with Gasteiger partial charge in [0, 0.05) is 20.1 Å². The van der Waals surface area contributed by atoms with Gasteiger partial charge in [-0.15, -0.1) is 0 Å². The molecular weight excluding hydrogens is 180 g/mol. The number of rotatable bonds is 7. The van der Waals surface area contributed by atoms with Crippen LogP contribution in [-0.2, 0) is 14.3 Å². The maximum Gasteiger partial charge on any atom is 0.306 e. The van der Waals surface area contributed by atoms with Crippen molar-refractivity contribution < 1.29 is 14.3 Å². The molecule has 0 spiro atoms. The highest BCUT2D eigenvalue weighted by Gasteiger charge is 2.01. The predicted molar refractivity (Wildman–Crippen MR) is 56.1 cm³/mol. The summed E-state index contributed by atoms with van der Waals surface area (Å²) in [6.45, 7) is 5.04. The van der Waals surface area contributed by atoms with E-state index in [1.165, 1.54) is 5.57 Å². The van der Waals surface area contributed by atoms with Gasteiger partial charge in [0.1, 0.15) is 0 Å². The quantitative estimate of drug-likeness (QED) is 0.359. The number of ether oxygens (including phenoxy) is 2. The van der Waals surface area contributed by atoms with Crippen LogP contribution in [0.1, 0.15) is 33.1 Å². The zero-order chi connectivity index (χ0) is 10.8. The summed E-state index contributed by atoms with van der Waals surface area (Å²) in [6.07, 6.45) is 4.26. The molecule has 0 amide bonds. The van der Waals surface area contributed by atoms with Gasteiger partial charge in [-0.2, -0.15) is 0 Å². The van der Waals surface area contributed by atoms with E-state index in [-0.39, 0.29) is 5.97 Å². The highest BCUT2D eigenvalue weighted by atomic mass is 16.5. The largest absolute Gasteiger partial charge is 0.466 e. The molecule has 0 unspecified atom stereocenters. The molecule has 0 saturated carbocycles. The molecule has 0 aromatic heterocycles. The van der Waals surface area contributed by atoms with E-state index in [4.69, 9.17) is 9.47 Å². The van der Waals surface area contributed by atoms with E-state index in [0.717, 1.165) is 19.4 Å². The summed E-state index contributed by atoms with van der Waals surface area (Å²) in [5, 5.41) is 0. The van der Waals surface area contributed by atoms with Crippen molar-refractivity contribution in [3.8, 4) is 0 Å². The van der Waals surface area contributed by atoms with Crippen LogP contribution >= 0.6 is 0 Å². The van der Waals surface area contributed by atoms with Crippen LogP contribution in [-0.4, -0.2) is 26.3 Å². The number of carbonyl (C=O) groups excluding carboxylic acids is 1. The highest BCUT2D eigenvalue weighted by molar-refractivity contribution is 5.69. The lowest BCUT2D eigenvalue weighted by atomic mass is 10.1. The van der Waals surface area contributed by atoms with E-state index < -0.39 is 0 Å². The molecule has 0 fully saturated rings. The van der Waals surface area contributed by atoms with Crippen molar-refractivity contribution in [1.82, 2.24) is 0 Å². The van der Waals surface area contributed by atoms with E-state index in [2.05, 4.69) is 6.08 Å². The van der Waals surface area contributed by atoms with Gasteiger partial charge in [-0.25, -0.2) is 0 Å². The van der Waals surface area contributed by atoms with Crippen LogP contribution < -0.4 is 0 Å². The van der Waals surface area contributed by atoms with Crippen molar-refractivity contribution >= 4 is 5.97 Å². The fourth-order valence-electron chi connectivity index (χ4n) is 1.06. The Kier molecular flexibility index (Phi) is 8.24. The highest BCUT2D eigenvalue weighted by Crippen LogP contribution is 2.06. The smallest absolute Gasteiger partial charge is 0.306 e. The van der Waals surface area contributed by atoms with Crippen LogP contribution in [0, 0.1) is 0 Å². The Morgan fingerprint density at radius 3 is 2.64 bits per heavy atom. The SMILES string of the molecule is CCOC(=O)CCC(C)=CCCOC. The van der Waals surface area contributed by atoms with Crippen molar-refractivity contribution in [1.29, 1.82) is 0 Å². The first-order valence-electron chi connectivity index (χ1n) is 5.00. The molecule has 3 nitrogen and oxygen atoms in total. The van der Waals surface area contributed by atoms with Gasteiger partial charge in [-0.05, 0) is 26.7 Å². The summed E-state index contributed by atoms with van der Waals surface area (Å²) in [6, 6.07) is 0. The Labute approximate surface area is 86.1 Å². The number of hydrogen-bond donors (Lipinski definition) is 0.